The van der Waals surface area contributed by atoms with Gasteiger partial charge < -0.3 is 8.83 Å². The maximum atomic E-state index is 12.2. The first-order chi connectivity index (χ1) is 12.6. The quantitative estimate of drug-likeness (QED) is 0.563. The summed E-state index contributed by atoms with van der Waals surface area (Å²) in [6.45, 7) is 3.76. The molecule has 0 fully saturated rings. The Bertz CT molecular complexity index is 1160. The van der Waals surface area contributed by atoms with E-state index in [9.17, 15) is 9.59 Å². The Balaban J connectivity index is 1.89. The molecule has 0 N–H and O–H groups in total. The normalized spacial score (nSPS) is 11.3. The summed E-state index contributed by atoms with van der Waals surface area (Å²) in [4.78, 5) is 33.1. The van der Waals surface area contributed by atoms with E-state index in [1.54, 1.807) is 24.3 Å². The molecule has 4 aromatic rings. The Morgan fingerprint density at radius 2 is 1.15 bits per heavy atom. The highest BCUT2D eigenvalue weighted by molar-refractivity contribution is 5.87. The molecule has 0 atom stereocenters. The molecule has 4 rings (SSSR count). The molecule has 0 aliphatic rings. The van der Waals surface area contributed by atoms with E-state index >= 15 is 0 Å². The van der Waals surface area contributed by atoms with Crippen LogP contribution in [0.1, 0.15) is 25.6 Å². The van der Waals surface area contributed by atoms with Gasteiger partial charge in [-0.3, -0.25) is 0 Å². The van der Waals surface area contributed by atoms with Gasteiger partial charge in [-0.2, -0.15) is 0 Å². The van der Waals surface area contributed by atoms with E-state index in [0.717, 1.165) is 11.1 Å². The van der Waals surface area contributed by atoms with Crippen molar-refractivity contribution in [2.75, 3.05) is 0 Å². The Hall–Kier alpha value is -3.28. The van der Waals surface area contributed by atoms with Crippen LogP contribution in [-0.2, 0) is 12.8 Å². The van der Waals surface area contributed by atoms with Gasteiger partial charge in [-0.15, -0.1) is 0 Å². The van der Waals surface area contributed by atoms with E-state index in [1.165, 1.54) is 0 Å². The van der Waals surface area contributed by atoms with Crippen molar-refractivity contribution in [3.63, 3.8) is 0 Å². The highest BCUT2D eigenvalue weighted by Crippen LogP contribution is 2.25. The fraction of sp³-hybridized carbons (Fsp3) is 0.200. The second kappa shape index (κ2) is 6.22. The molecule has 0 saturated carbocycles. The lowest BCUT2D eigenvalue weighted by Gasteiger charge is -2.06. The summed E-state index contributed by atoms with van der Waals surface area (Å²) in [6, 6.07) is 10.8. The molecule has 0 amide bonds. The van der Waals surface area contributed by atoms with Crippen molar-refractivity contribution in [3.05, 3.63) is 69.0 Å². The van der Waals surface area contributed by atoms with Crippen LogP contribution in [0.5, 0.6) is 0 Å². The van der Waals surface area contributed by atoms with Crippen molar-refractivity contribution in [1.82, 2.24) is 9.97 Å². The van der Waals surface area contributed by atoms with Crippen molar-refractivity contribution in [2.45, 2.75) is 26.7 Å². The molecule has 0 aliphatic heterocycles. The fourth-order valence-electron chi connectivity index (χ4n) is 2.89. The van der Waals surface area contributed by atoms with Crippen LogP contribution in [0, 0.1) is 0 Å². The summed E-state index contributed by atoms with van der Waals surface area (Å²) in [5, 5.41) is 0.817. The van der Waals surface area contributed by atoms with Crippen molar-refractivity contribution in [1.29, 1.82) is 0 Å². The largest absolute Gasteiger partial charge is 0.408 e. The number of aryl methyl sites for hydroxylation is 2. The zero-order valence-electron chi connectivity index (χ0n) is 14.4. The highest BCUT2D eigenvalue weighted by atomic mass is 16.4. The van der Waals surface area contributed by atoms with Crippen LogP contribution < -0.4 is 11.3 Å². The summed E-state index contributed by atoms with van der Waals surface area (Å²) in [7, 11) is 0. The van der Waals surface area contributed by atoms with Crippen molar-refractivity contribution in [3.8, 4) is 11.1 Å². The molecule has 0 bridgehead atoms. The van der Waals surface area contributed by atoms with Gasteiger partial charge in [0.05, 0.1) is 21.8 Å². The van der Waals surface area contributed by atoms with Gasteiger partial charge in [0.25, 0.3) is 0 Å². The number of nitrogens with zero attached hydrogens (tertiary/aromatic N) is 2. The van der Waals surface area contributed by atoms with E-state index in [1.807, 2.05) is 26.0 Å². The zero-order chi connectivity index (χ0) is 18.3. The van der Waals surface area contributed by atoms with Gasteiger partial charge in [-0.05, 0) is 35.4 Å². The highest BCUT2D eigenvalue weighted by Gasteiger charge is 2.10. The van der Waals surface area contributed by atoms with Crippen LogP contribution in [0.3, 0.4) is 0 Å². The van der Waals surface area contributed by atoms with Crippen LogP contribution in [0.25, 0.3) is 32.9 Å². The molecule has 2 aromatic heterocycles. The molecular formula is C20H16N2O4. The third kappa shape index (κ3) is 2.69. The summed E-state index contributed by atoms with van der Waals surface area (Å²) in [5.41, 5.74) is 1.94. The van der Waals surface area contributed by atoms with Gasteiger partial charge >= 0.3 is 11.3 Å². The topological polar surface area (TPSA) is 86.2 Å². The van der Waals surface area contributed by atoms with E-state index in [2.05, 4.69) is 9.97 Å². The van der Waals surface area contributed by atoms with Gasteiger partial charge in [-0.25, -0.2) is 19.6 Å². The Morgan fingerprint density at radius 1 is 0.731 bits per heavy atom. The summed E-state index contributed by atoms with van der Waals surface area (Å²) < 4.78 is 10.4. The van der Waals surface area contributed by atoms with Crippen LogP contribution in [0.4, 0.5) is 0 Å². The lowest BCUT2D eigenvalue weighted by Crippen LogP contribution is -2.05. The Morgan fingerprint density at radius 3 is 1.54 bits per heavy atom. The van der Waals surface area contributed by atoms with Gasteiger partial charge in [-0.1, -0.05) is 26.0 Å². The molecule has 0 saturated heterocycles. The predicted molar refractivity (Wildman–Crippen MR) is 98.3 cm³/mol. The zero-order valence-corrected chi connectivity index (χ0v) is 14.4. The van der Waals surface area contributed by atoms with Gasteiger partial charge in [0.2, 0.25) is 0 Å². The molecular weight excluding hydrogens is 332 g/mol. The molecule has 0 radical (unpaired) electrons. The van der Waals surface area contributed by atoms with Crippen LogP contribution >= 0.6 is 0 Å². The van der Waals surface area contributed by atoms with Crippen LogP contribution in [-0.4, -0.2) is 9.97 Å². The summed E-state index contributed by atoms with van der Waals surface area (Å²) in [6.07, 6.45) is 1.11. The standard InChI is InChI=1S/C20H16N2O4/c1-3-17-21-15-7-5-11(9-13(15)19(23)25-17)12-6-8-16-14(10-12)20(24)26-18(4-2)22-16/h5-10H,3-4H2,1-2H3. The lowest BCUT2D eigenvalue weighted by atomic mass is 10.0. The SMILES string of the molecule is CCc1nc2ccc(-c3ccc4nc(CC)oc(=O)c4c3)cc2c(=O)o1. The second-order valence-electron chi connectivity index (χ2n) is 5.96. The molecule has 2 heterocycles. The minimum atomic E-state index is -0.414. The van der Waals surface area contributed by atoms with Gasteiger partial charge in [0.1, 0.15) is 0 Å². The first-order valence-corrected chi connectivity index (χ1v) is 8.47. The van der Waals surface area contributed by atoms with E-state index in [-0.39, 0.29) is 0 Å². The third-order valence-electron chi connectivity index (χ3n) is 4.28. The monoisotopic (exact) mass is 348 g/mol. The average Bonchev–Trinajstić information content (AvgIpc) is 2.67. The first kappa shape index (κ1) is 16.2. The van der Waals surface area contributed by atoms with Gasteiger partial charge in [0.15, 0.2) is 11.8 Å². The minimum absolute atomic E-state index is 0.409. The summed E-state index contributed by atoms with van der Waals surface area (Å²) in [5.74, 6) is 0.827. The minimum Gasteiger partial charge on any atom is -0.408 e. The molecule has 0 unspecified atom stereocenters. The number of hydrogen-bond donors (Lipinski definition) is 0. The van der Waals surface area contributed by atoms with Crippen LogP contribution in [0.15, 0.2) is 54.8 Å². The predicted octanol–water partition coefficient (Wildman–Crippen LogP) is 3.48. The molecule has 0 aliphatic carbocycles. The van der Waals surface area contributed by atoms with E-state index < -0.39 is 11.3 Å². The molecule has 0 spiro atoms. The third-order valence-corrected chi connectivity index (χ3v) is 4.28. The smallest absolute Gasteiger partial charge is 0.346 e. The maximum Gasteiger partial charge on any atom is 0.346 e. The molecule has 26 heavy (non-hydrogen) atoms. The number of benzene rings is 2. The molecule has 2 aromatic carbocycles. The molecule has 6 nitrogen and oxygen atoms in total. The van der Waals surface area contributed by atoms with Crippen molar-refractivity contribution >= 4 is 21.8 Å². The first-order valence-electron chi connectivity index (χ1n) is 8.47. The Labute approximate surface area is 148 Å². The lowest BCUT2D eigenvalue weighted by molar-refractivity contribution is 0.449. The Kier molecular flexibility index (Phi) is 3.88. The maximum absolute atomic E-state index is 12.2. The molecule has 6 heteroatoms. The average molecular weight is 348 g/mol. The second-order valence-corrected chi connectivity index (χ2v) is 5.96. The van der Waals surface area contributed by atoms with Crippen molar-refractivity contribution < 1.29 is 8.83 Å². The number of rotatable bonds is 3. The fourth-order valence-corrected chi connectivity index (χ4v) is 2.89. The number of fused-ring (bicyclic) bond motifs is 2. The van der Waals surface area contributed by atoms with Crippen LogP contribution in [0.2, 0.25) is 0 Å². The van der Waals surface area contributed by atoms with E-state index in [4.69, 9.17) is 8.83 Å². The van der Waals surface area contributed by atoms with E-state index in [0.29, 0.717) is 46.4 Å². The van der Waals surface area contributed by atoms with Crippen molar-refractivity contribution in [2.24, 2.45) is 0 Å². The number of hydrogen-bond acceptors (Lipinski definition) is 6. The number of aromatic nitrogens is 2. The van der Waals surface area contributed by atoms with Gasteiger partial charge in [0, 0.05) is 12.8 Å². The summed E-state index contributed by atoms with van der Waals surface area (Å²) >= 11 is 0. The molecule has 130 valence electrons.